The number of esters is 2. The van der Waals surface area contributed by atoms with Crippen molar-refractivity contribution in [2.45, 2.75) is 48.5 Å². The summed E-state index contributed by atoms with van der Waals surface area (Å²) in [5.41, 5.74) is 0. The Balaban J connectivity index is 0.000000517. The number of hydrogen-bond donors (Lipinski definition) is 0. The monoisotopic (exact) mass is 755 g/mol. The molecule has 0 amide bonds. The van der Waals surface area contributed by atoms with Gasteiger partial charge in [-0.15, -0.1) is 6.08 Å². The number of ether oxygens (including phenoxy) is 4. The van der Waals surface area contributed by atoms with E-state index in [2.05, 4.69) is 50.4 Å². The Bertz CT molecular complexity index is 1300. The Morgan fingerprint density at radius 1 is 0.696 bits per heavy atom. The van der Waals surface area contributed by atoms with Crippen molar-refractivity contribution in [2.24, 2.45) is 29.6 Å². The molecule has 1 aliphatic carbocycles. The van der Waals surface area contributed by atoms with Crippen LogP contribution in [0.4, 0.5) is 0 Å². The number of carbonyl (C=O) groups excluding carboxylic acids is 2. The van der Waals surface area contributed by atoms with Crippen LogP contribution in [0.5, 0.6) is 11.5 Å². The van der Waals surface area contributed by atoms with Crippen LogP contribution in [0.2, 0.25) is 0 Å². The number of halogens is 1. The molecule has 0 radical (unpaired) electrons. The molecular weight excluding hydrogens is 710 g/mol. The first-order valence-electron chi connectivity index (χ1n) is 15.5. The van der Waals surface area contributed by atoms with Gasteiger partial charge in [0.25, 0.3) is 0 Å². The average Bonchev–Trinajstić information content (AvgIpc) is 3.24. The van der Waals surface area contributed by atoms with E-state index < -0.39 is 19.9 Å². The third-order valence-electron chi connectivity index (χ3n) is 8.74. The fraction of sp³-hybridized carbons (Fsp3) is 0.405. The van der Waals surface area contributed by atoms with Crippen molar-refractivity contribution in [1.29, 1.82) is 0 Å². The van der Waals surface area contributed by atoms with Crippen LogP contribution >= 0.6 is 17.6 Å². The summed E-state index contributed by atoms with van der Waals surface area (Å²) in [4.78, 5) is 24.7. The number of benzene rings is 3. The van der Waals surface area contributed by atoms with Gasteiger partial charge in [-0.25, -0.2) is 0 Å². The third kappa shape index (κ3) is 10.7. The predicted molar refractivity (Wildman–Crippen MR) is 184 cm³/mol. The standard InChI is InChI=1S/C27H26O6P.C10H20.ClH.Rh/c1-4-31-25(28)19-24(27(29)32-5-2)33-23-18-12-17-22(30-3)26(23)34(20-13-8-6-9-14-20)21-15-10-7-11-16-21;1-6-7(2)9(4)10(5)8(6)3;;/h6-18H,4-5H2,1-3H3;6-10H,1-5H3;1H;/q-1;;;+3/p-1. The maximum absolute atomic E-state index is 12.6. The molecule has 0 unspecified atom stereocenters. The summed E-state index contributed by atoms with van der Waals surface area (Å²) >= 11 is 2.02. The molecule has 0 heterocycles. The predicted octanol–water partition coefficient (Wildman–Crippen LogP) is 7.51. The minimum atomic E-state index is -1.14. The van der Waals surface area contributed by atoms with Crippen molar-refractivity contribution in [3.05, 3.63) is 90.7 Å². The Kier molecular flexibility index (Phi) is 17.6. The van der Waals surface area contributed by atoms with Crippen LogP contribution in [-0.2, 0) is 36.4 Å². The molecule has 9 heteroatoms. The molecule has 0 saturated heterocycles. The van der Waals surface area contributed by atoms with Gasteiger partial charge >= 0.3 is 27.0 Å². The molecule has 0 spiro atoms. The third-order valence-corrected chi connectivity index (χ3v) is 11.3. The fourth-order valence-electron chi connectivity index (χ4n) is 5.61. The SMILES string of the molecule is CC1C(C)C(C)C(C)C1C.CCOC(=O)[C-]=C(Oc1cccc(OC)c1P(c1ccccc1)c1ccccc1)C(=O)OCC.[Cl][Rh+2]. The van der Waals surface area contributed by atoms with Gasteiger partial charge in [-0.2, -0.15) is 0 Å². The molecule has 0 aliphatic heterocycles. The average molecular weight is 756 g/mol. The second kappa shape index (κ2) is 20.5. The zero-order chi connectivity index (χ0) is 34.2. The van der Waals surface area contributed by atoms with E-state index >= 15 is 0 Å². The van der Waals surface area contributed by atoms with Crippen LogP contribution in [0.3, 0.4) is 0 Å². The van der Waals surface area contributed by atoms with Crippen LogP contribution in [0.15, 0.2) is 84.6 Å². The normalized spacial score (nSPS) is 20.4. The van der Waals surface area contributed by atoms with E-state index in [0.717, 1.165) is 45.5 Å². The van der Waals surface area contributed by atoms with E-state index in [-0.39, 0.29) is 19.0 Å². The molecule has 0 bridgehead atoms. The van der Waals surface area contributed by atoms with Crippen LogP contribution in [0.1, 0.15) is 48.5 Å². The number of carbonyl (C=O) groups is 2. The van der Waals surface area contributed by atoms with Crippen molar-refractivity contribution < 1.29 is 45.8 Å². The van der Waals surface area contributed by atoms with Crippen LogP contribution < -0.4 is 25.4 Å². The second-order valence-electron chi connectivity index (χ2n) is 11.1. The fourth-order valence-corrected chi connectivity index (χ4v) is 8.09. The first-order chi connectivity index (χ1) is 22.1. The van der Waals surface area contributed by atoms with Crippen LogP contribution in [0, 0.1) is 35.7 Å². The summed E-state index contributed by atoms with van der Waals surface area (Å²) in [7, 11) is 4.97. The molecule has 3 aromatic carbocycles. The Labute approximate surface area is 290 Å². The van der Waals surface area contributed by atoms with Gasteiger partial charge in [0, 0.05) is 5.76 Å². The molecule has 6 nitrogen and oxygen atoms in total. The zero-order valence-corrected chi connectivity index (χ0v) is 31.2. The van der Waals surface area contributed by atoms with E-state index in [9.17, 15) is 9.59 Å². The summed E-state index contributed by atoms with van der Waals surface area (Å²) in [6.07, 6.45) is 2.36. The van der Waals surface area contributed by atoms with E-state index in [0.29, 0.717) is 11.5 Å². The Hall–Kier alpha value is -2.72. The minimum absolute atomic E-state index is 0.113. The molecule has 1 saturated carbocycles. The number of methoxy groups -OCH3 is 1. The van der Waals surface area contributed by atoms with Crippen molar-refractivity contribution in [3.8, 4) is 11.5 Å². The number of hydrogen-bond acceptors (Lipinski definition) is 6. The van der Waals surface area contributed by atoms with Crippen molar-refractivity contribution in [1.82, 2.24) is 0 Å². The molecule has 0 aromatic heterocycles. The van der Waals surface area contributed by atoms with Gasteiger partial charge in [-0.3, -0.25) is 4.79 Å². The van der Waals surface area contributed by atoms with E-state index in [1.54, 1.807) is 33.1 Å². The second-order valence-corrected chi connectivity index (χ2v) is 13.3. The molecule has 4 rings (SSSR count). The topological polar surface area (TPSA) is 71.1 Å². The van der Waals surface area contributed by atoms with E-state index in [4.69, 9.17) is 18.9 Å². The molecule has 46 heavy (non-hydrogen) atoms. The van der Waals surface area contributed by atoms with Gasteiger partial charge in [0.1, 0.15) is 11.5 Å². The maximum atomic E-state index is 12.6. The summed E-state index contributed by atoms with van der Waals surface area (Å²) in [5, 5.41) is 2.88. The zero-order valence-electron chi connectivity index (χ0n) is 27.9. The quantitative estimate of drug-likeness (QED) is 0.0533. The molecule has 0 N–H and O–H groups in total. The molecule has 1 aliphatic rings. The van der Waals surface area contributed by atoms with Gasteiger partial charge in [-0.05, 0) is 74.1 Å². The van der Waals surface area contributed by atoms with Gasteiger partial charge < -0.3 is 23.7 Å². The molecule has 1 fully saturated rings. The van der Waals surface area contributed by atoms with Crippen LogP contribution in [-0.4, -0.2) is 32.3 Å². The molecule has 0 atom stereocenters. The molecule has 3 aromatic rings. The summed E-state index contributed by atoms with van der Waals surface area (Å²) in [6.45, 7) is 15.6. The Morgan fingerprint density at radius 2 is 1.13 bits per heavy atom. The van der Waals surface area contributed by atoms with Gasteiger partial charge in [0.05, 0.1) is 25.6 Å². The molecule has 250 valence electrons. The van der Waals surface area contributed by atoms with E-state index in [1.165, 1.54) is 0 Å². The van der Waals surface area contributed by atoms with Gasteiger partial charge in [0.15, 0.2) is 0 Å². The first-order valence-corrected chi connectivity index (χ1v) is 18.9. The summed E-state index contributed by atoms with van der Waals surface area (Å²) in [6, 6.07) is 25.3. The molecular formula is C37H46ClO6PRh+. The Morgan fingerprint density at radius 3 is 1.54 bits per heavy atom. The summed E-state index contributed by atoms with van der Waals surface area (Å²) < 4.78 is 21.7. The van der Waals surface area contributed by atoms with Crippen LogP contribution in [0.25, 0.3) is 0 Å². The van der Waals surface area contributed by atoms with Crippen molar-refractivity contribution >= 4 is 45.5 Å². The van der Waals surface area contributed by atoms with E-state index in [1.807, 2.05) is 84.0 Å². The van der Waals surface area contributed by atoms with Crippen molar-refractivity contribution in [3.63, 3.8) is 0 Å². The number of rotatable bonds is 10. The summed E-state index contributed by atoms with van der Waals surface area (Å²) in [5.74, 6) is 3.62. The van der Waals surface area contributed by atoms with Crippen molar-refractivity contribution in [2.75, 3.05) is 20.3 Å². The first kappa shape index (κ1) is 39.5. The van der Waals surface area contributed by atoms with Gasteiger partial charge in [0.2, 0.25) is 11.9 Å². The van der Waals surface area contributed by atoms with Gasteiger partial charge in [-0.1, -0.05) is 101 Å².